The highest BCUT2D eigenvalue weighted by molar-refractivity contribution is 5.76. The summed E-state index contributed by atoms with van der Waals surface area (Å²) >= 11 is 0. The van der Waals surface area contributed by atoms with Gasteiger partial charge in [-0.05, 0) is 43.4 Å². The van der Waals surface area contributed by atoms with Crippen LogP contribution in [0.4, 0.5) is 0 Å². The first-order chi connectivity index (χ1) is 12.1. The van der Waals surface area contributed by atoms with Crippen molar-refractivity contribution in [3.05, 3.63) is 34.2 Å². The first kappa shape index (κ1) is 16.8. The molecule has 1 aromatic carbocycles. The van der Waals surface area contributed by atoms with Gasteiger partial charge in [0.1, 0.15) is 0 Å². The molecule has 1 atom stereocenters. The fourth-order valence-corrected chi connectivity index (χ4v) is 4.22. The summed E-state index contributed by atoms with van der Waals surface area (Å²) in [5, 5.41) is 3.70. The molecule has 0 radical (unpaired) electrons. The molecular weight excluding hydrogens is 318 g/mol. The van der Waals surface area contributed by atoms with E-state index in [1.165, 1.54) is 5.56 Å². The van der Waals surface area contributed by atoms with Crippen molar-refractivity contribution in [3.8, 4) is 0 Å². The minimum Gasteiger partial charge on any atom is -0.381 e. The van der Waals surface area contributed by atoms with Gasteiger partial charge < -0.3 is 14.8 Å². The van der Waals surface area contributed by atoms with Gasteiger partial charge in [-0.1, -0.05) is 6.07 Å². The van der Waals surface area contributed by atoms with Crippen LogP contribution in [0.3, 0.4) is 0 Å². The molecule has 2 aliphatic rings. The number of hydrogen-bond acceptors (Lipinski definition) is 4. The summed E-state index contributed by atoms with van der Waals surface area (Å²) in [7, 11) is 3.65. The highest BCUT2D eigenvalue weighted by Crippen LogP contribution is 2.34. The average molecular weight is 345 g/mol. The van der Waals surface area contributed by atoms with Crippen LogP contribution in [0.15, 0.2) is 23.0 Å². The van der Waals surface area contributed by atoms with Crippen molar-refractivity contribution in [1.82, 2.24) is 14.5 Å². The number of hydrogen-bond donors (Lipinski definition) is 1. The molecule has 0 aliphatic carbocycles. The summed E-state index contributed by atoms with van der Waals surface area (Å²) in [6, 6.07) is 6.74. The third-order valence-corrected chi connectivity index (χ3v) is 5.83. The van der Waals surface area contributed by atoms with E-state index in [1.807, 2.05) is 20.2 Å². The van der Waals surface area contributed by atoms with E-state index in [1.54, 1.807) is 9.13 Å². The van der Waals surface area contributed by atoms with Crippen LogP contribution in [0.5, 0.6) is 0 Å². The van der Waals surface area contributed by atoms with Gasteiger partial charge in [0.2, 0.25) is 0 Å². The van der Waals surface area contributed by atoms with Crippen LogP contribution in [0, 0.1) is 0 Å². The number of rotatable bonds is 3. The van der Waals surface area contributed by atoms with Crippen molar-refractivity contribution in [2.24, 2.45) is 14.1 Å². The van der Waals surface area contributed by atoms with E-state index in [4.69, 9.17) is 9.47 Å². The molecule has 2 saturated heterocycles. The second-order valence-electron chi connectivity index (χ2n) is 7.44. The van der Waals surface area contributed by atoms with E-state index in [9.17, 15) is 4.79 Å². The Kier molecular flexibility index (Phi) is 4.43. The quantitative estimate of drug-likeness (QED) is 0.920. The van der Waals surface area contributed by atoms with Gasteiger partial charge >= 0.3 is 5.69 Å². The molecule has 1 spiro atoms. The Morgan fingerprint density at radius 1 is 1.16 bits per heavy atom. The average Bonchev–Trinajstić information content (AvgIpc) is 2.85. The zero-order chi connectivity index (χ0) is 17.4. The van der Waals surface area contributed by atoms with Gasteiger partial charge in [0.25, 0.3) is 0 Å². The van der Waals surface area contributed by atoms with Gasteiger partial charge in [0.05, 0.1) is 16.6 Å². The Labute approximate surface area is 147 Å². The normalized spacial score (nSPS) is 23.4. The van der Waals surface area contributed by atoms with Crippen LogP contribution in [0.2, 0.25) is 0 Å². The monoisotopic (exact) mass is 345 g/mol. The number of benzene rings is 1. The molecule has 4 rings (SSSR count). The largest absolute Gasteiger partial charge is 0.381 e. The van der Waals surface area contributed by atoms with E-state index >= 15 is 0 Å². The molecule has 2 aromatic rings. The molecule has 0 saturated carbocycles. The van der Waals surface area contributed by atoms with Gasteiger partial charge in [0.15, 0.2) is 0 Å². The van der Waals surface area contributed by atoms with Gasteiger partial charge in [-0.2, -0.15) is 0 Å². The SMILES string of the molecule is Cn1c(=O)n(C)c2cc(CN[C@H]3CCOC4(CCOCC4)C3)ccc21. The highest BCUT2D eigenvalue weighted by atomic mass is 16.5. The van der Waals surface area contributed by atoms with Gasteiger partial charge in [-0.15, -0.1) is 0 Å². The summed E-state index contributed by atoms with van der Waals surface area (Å²) in [5.41, 5.74) is 3.21. The number of ether oxygens (including phenoxy) is 2. The first-order valence-electron chi connectivity index (χ1n) is 9.17. The molecule has 2 fully saturated rings. The van der Waals surface area contributed by atoms with Crippen molar-refractivity contribution in [2.75, 3.05) is 19.8 Å². The zero-order valence-electron chi connectivity index (χ0n) is 15.1. The smallest absolute Gasteiger partial charge is 0.328 e. The molecular formula is C19H27N3O3. The van der Waals surface area contributed by atoms with Gasteiger partial charge in [-0.25, -0.2) is 4.79 Å². The topological polar surface area (TPSA) is 57.4 Å². The number of aromatic nitrogens is 2. The predicted octanol–water partition coefficient (Wildman–Crippen LogP) is 1.69. The minimum atomic E-state index is 0.0153. The maximum atomic E-state index is 12.1. The Hall–Kier alpha value is -1.63. The highest BCUT2D eigenvalue weighted by Gasteiger charge is 2.38. The molecule has 25 heavy (non-hydrogen) atoms. The Bertz CT molecular complexity index is 812. The second kappa shape index (κ2) is 6.59. The van der Waals surface area contributed by atoms with Crippen LogP contribution in [-0.4, -0.2) is 40.6 Å². The fraction of sp³-hybridized carbons (Fsp3) is 0.632. The minimum absolute atomic E-state index is 0.0153. The number of imidazole rings is 1. The van der Waals surface area contributed by atoms with E-state index < -0.39 is 0 Å². The number of nitrogens with zero attached hydrogens (tertiary/aromatic N) is 2. The van der Waals surface area contributed by atoms with Crippen LogP contribution < -0.4 is 11.0 Å². The van der Waals surface area contributed by atoms with Gasteiger partial charge in [-0.3, -0.25) is 9.13 Å². The van der Waals surface area contributed by atoms with E-state index in [0.717, 1.165) is 63.1 Å². The van der Waals surface area contributed by atoms with E-state index in [2.05, 4.69) is 17.4 Å². The number of fused-ring (bicyclic) bond motifs is 1. The van der Waals surface area contributed by atoms with Crippen LogP contribution in [0.1, 0.15) is 31.2 Å². The Balaban J connectivity index is 1.45. The van der Waals surface area contributed by atoms with Crippen molar-refractivity contribution < 1.29 is 9.47 Å². The Morgan fingerprint density at radius 2 is 1.92 bits per heavy atom. The molecule has 0 amide bonds. The molecule has 1 aromatic heterocycles. The lowest BCUT2D eigenvalue weighted by molar-refractivity contribution is -0.140. The van der Waals surface area contributed by atoms with Gasteiger partial charge in [0, 0.05) is 46.5 Å². The van der Waals surface area contributed by atoms with Crippen LogP contribution in [0.25, 0.3) is 11.0 Å². The summed E-state index contributed by atoms with van der Waals surface area (Å²) in [6.45, 7) is 3.26. The lowest BCUT2D eigenvalue weighted by atomic mass is 9.84. The molecule has 136 valence electrons. The van der Waals surface area contributed by atoms with Crippen molar-refractivity contribution in [2.45, 2.75) is 43.9 Å². The summed E-state index contributed by atoms with van der Waals surface area (Å²) in [4.78, 5) is 12.1. The maximum absolute atomic E-state index is 12.1. The summed E-state index contributed by atoms with van der Waals surface area (Å²) in [6.07, 6.45) is 4.11. The van der Waals surface area contributed by atoms with E-state index in [0.29, 0.717) is 6.04 Å². The first-order valence-corrected chi connectivity index (χ1v) is 9.17. The lowest BCUT2D eigenvalue weighted by Crippen LogP contribution is -2.49. The second-order valence-corrected chi connectivity index (χ2v) is 7.44. The molecule has 0 unspecified atom stereocenters. The third-order valence-electron chi connectivity index (χ3n) is 5.83. The predicted molar refractivity (Wildman–Crippen MR) is 96.8 cm³/mol. The molecule has 1 N–H and O–H groups in total. The molecule has 3 heterocycles. The molecule has 2 aliphatic heterocycles. The standard InChI is InChI=1S/C19H27N3O3/c1-21-16-4-3-14(11-17(16)22(2)18(21)23)13-20-15-5-8-25-19(12-15)6-9-24-10-7-19/h3-4,11,15,20H,5-10,12-13H2,1-2H3/t15-/m0/s1. The molecule has 6 nitrogen and oxygen atoms in total. The Morgan fingerprint density at radius 3 is 2.72 bits per heavy atom. The number of nitrogens with one attached hydrogen (secondary N) is 1. The van der Waals surface area contributed by atoms with Crippen molar-refractivity contribution in [1.29, 1.82) is 0 Å². The van der Waals surface area contributed by atoms with Crippen molar-refractivity contribution >= 4 is 11.0 Å². The zero-order valence-corrected chi connectivity index (χ0v) is 15.1. The summed E-state index contributed by atoms with van der Waals surface area (Å²) in [5.74, 6) is 0. The molecule has 0 bridgehead atoms. The van der Waals surface area contributed by atoms with Crippen LogP contribution in [-0.2, 0) is 30.1 Å². The summed E-state index contributed by atoms with van der Waals surface area (Å²) < 4.78 is 15.0. The third kappa shape index (κ3) is 3.14. The van der Waals surface area contributed by atoms with Crippen molar-refractivity contribution in [3.63, 3.8) is 0 Å². The van der Waals surface area contributed by atoms with E-state index in [-0.39, 0.29) is 11.3 Å². The maximum Gasteiger partial charge on any atom is 0.328 e. The van der Waals surface area contributed by atoms with Crippen LogP contribution >= 0.6 is 0 Å². The fourth-order valence-electron chi connectivity index (χ4n) is 4.22. The molecule has 6 heteroatoms. The lowest BCUT2D eigenvalue weighted by Gasteiger charge is -2.43. The number of aryl methyl sites for hydroxylation is 2.